The van der Waals surface area contributed by atoms with Crippen molar-refractivity contribution in [1.29, 1.82) is 0 Å². The lowest BCUT2D eigenvalue weighted by molar-refractivity contribution is 0.0136. The van der Waals surface area contributed by atoms with E-state index >= 15 is 0 Å². The minimum atomic E-state index is -0.122. The van der Waals surface area contributed by atoms with Crippen molar-refractivity contribution in [3.63, 3.8) is 0 Å². The van der Waals surface area contributed by atoms with E-state index in [-0.39, 0.29) is 17.5 Å². The fourth-order valence-corrected chi connectivity index (χ4v) is 4.77. The van der Waals surface area contributed by atoms with Gasteiger partial charge in [-0.1, -0.05) is 0 Å². The molecule has 0 aromatic carbocycles. The molecule has 3 aliphatic heterocycles. The monoisotopic (exact) mass is 388 g/mol. The summed E-state index contributed by atoms with van der Waals surface area (Å²) in [5, 5.41) is 3.33. The Labute approximate surface area is 166 Å². The minimum absolute atomic E-state index is 0.0996. The lowest BCUT2D eigenvalue weighted by Crippen LogP contribution is -2.53. The van der Waals surface area contributed by atoms with Crippen molar-refractivity contribution in [3.8, 4) is 0 Å². The number of piperidine rings is 1. The Balaban J connectivity index is 1.46. The van der Waals surface area contributed by atoms with E-state index in [4.69, 9.17) is 4.74 Å². The van der Waals surface area contributed by atoms with Gasteiger partial charge in [0.15, 0.2) is 0 Å². The van der Waals surface area contributed by atoms with Crippen LogP contribution < -0.4 is 10.9 Å². The molecule has 0 unspecified atom stereocenters. The van der Waals surface area contributed by atoms with Gasteiger partial charge in [-0.3, -0.25) is 14.5 Å². The summed E-state index contributed by atoms with van der Waals surface area (Å²) in [5.41, 5.74) is 1.02. The van der Waals surface area contributed by atoms with Gasteiger partial charge in [-0.2, -0.15) is 0 Å². The van der Waals surface area contributed by atoms with E-state index in [1.165, 1.54) is 0 Å². The van der Waals surface area contributed by atoms with Crippen LogP contribution in [0.5, 0.6) is 0 Å². The molecule has 1 N–H and O–H groups in total. The van der Waals surface area contributed by atoms with Crippen LogP contribution in [0, 0.1) is 6.92 Å². The number of piperazine rings is 1. The molecule has 154 valence electrons. The van der Waals surface area contributed by atoms with Crippen LogP contribution in [-0.4, -0.2) is 78.8 Å². The van der Waals surface area contributed by atoms with Gasteiger partial charge in [0.05, 0.1) is 0 Å². The zero-order chi connectivity index (χ0) is 19.5. The predicted octanol–water partition coefficient (Wildman–Crippen LogP) is 1.02. The van der Waals surface area contributed by atoms with Crippen molar-refractivity contribution in [2.75, 3.05) is 52.5 Å². The molecule has 0 radical (unpaired) electrons. The Hall–Kier alpha value is -1.70. The second-order valence-electron chi connectivity index (χ2n) is 8.24. The molecule has 1 amide bonds. The Kier molecular flexibility index (Phi) is 6.13. The zero-order valence-corrected chi connectivity index (χ0v) is 16.9. The Morgan fingerprint density at radius 3 is 2.39 bits per heavy atom. The number of amides is 1. The molecule has 0 aliphatic carbocycles. The summed E-state index contributed by atoms with van der Waals surface area (Å²) in [6, 6.07) is 2.68. The number of hydrogen-bond donors (Lipinski definition) is 1. The first-order chi connectivity index (χ1) is 13.6. The molecule has 28 heavy (non-hydrogen) atoms. The predicted molar refractivity (Wildman–Crippen MR) is 108 cm³/mol. The molecule has 4 heterocycles. The molecule has 0 saturated carbocycles. The number of ether oxygens (including phenoxy) is 1. The highest BCUT2D eigenvalue weighted by Crippen LogP contribution is 2.20. The molecule has 3 aliphatic rings. The molecule has 0 spiro atoms. The van der Waals surface area contributed by atoms with Gasteiger partial charge in [0.2, 0.25) is 0 Å². The van der Waals surface area contributed by atoms with E-state index < -0.39 is 0 Å². The SMILES string of the molecule is Cc1ccn(C2CCNCC2)c(=O)c1C(=O)N1CCN(C2CCOCC2)CC1. The maximum atomic E-state index is 13.2. The maximum Gasteiger partial charge on any atom is 0.263 e. The summed E-state index contributed by atoms with van der Waals surface area (Å²) in [6.45, 7) is 8.53. The molecule has 1 aromatic rings. The highest BCUT2D eigenvalue weighted by Gasteiger charge is 2.30. The van der Waals surface area contributed by atoms with Crippen molar-refractivity contribution in [3.05, 3.63) is 33.7 Å². The van der Waals surface area contributed by atoms with Crippen molar-refractivity contribution >= 4 is 5.91 Å². The number of nitrogens with one attached hydrogen (secondary N) is 1. The highest BCUT2D eigenvalue weighted by molar-refractivity contribution is 5.95. The Morgan fingerprint density at radius 2 is 1.71 bits per heavy atom. The van der Waals surface area contributed by atoms with Crippen molar-refractivity contribution in [2.45, 2.75) is 44.7 Å². The van der Waals surface area contributed by atoms with E-state index in [2.05, 4.69) is 10.2 Å². The maximum absolute atomic E-state index is 13.2. The summed E-state index contributed by atoms with van der Waals surface area (Å²) in [6.07, 6.45) is 5.88. The van der Waals surface area contributed by atoms with Gasteiger partial charge in [0.1, 0.15) is 5.56 Å². The fraction of sp³-hybridized carbons (Fsp3) is 0.714. The number of carbonyl (C=O) groups excluding carboxylic acids is 1. The van der Waals surface area contributed by atoms with Gasteiger partial charge >= 0.3 is 0 Å². The summed E-state index contributed by atoms with van der Waals surface area (Å²) in [4.78, 5) is 30.7. The first kappa shape index (κ1) is 19.6. The molecule has 4 rings (SSSR count). The molecule has 0 bridgehead atoms. The summed E-state index contributed by atoms with van der Waals surface area (Å²) >= 11 is 0. The molecular weight excluding hydrogens is 356 g/mol. The first-order valence-electron chi connectivity index (χ1n) is 10.7. The van der Waals surface area contributed by atoms with Crippen LogP contribution in [0.2, 0.25) is 0 Å². The summed E-state index contributed by atoms with van der Waals surface area (Å²) in [5.74, 6) is -0.0996. The van der Waals surface area contributed by atoms with E-state index in [0.717, 1.165) is 70.6 Å². The van der Waals surface area contributed by atoms with Crippen LogP contribution in [0.1, 0.15) is 47.6 Å². The van der Waals surface area contributed by atoms with Gasteiger partial charge in [-0.25, -0.2) is 0 Å². The van der Waals surface area contributed by atoms with Crippen molar-refractivity contribution < 1.29 is 9.53 Å². The van der Waals surface area contributed by atoms with Crippen molar-refractivity contribution in [2.24, 2.45) is 0 Å². The average molecular weight is 389 g/mol. The molecule has 7 heteroatoms. The van der Waals surface area contributed by atoms with E-state index in [9.17, 15) is 9.59 Å². The lowest BCUT2D eigenvalue weighted by Gasteiger charge is -2.40. The van der Waals surface area contributed by atoms with Gasteiger partial charge in [0, 0.05) is 57.7 Å². The lowest BCUT2D eigenvalue weighted by atomic mass is 10.0. The van der Waals surface area contributed by atoms with Crippen molar-refractivity contribution in [1.82, 2.24) is 19.7 Å². The molecule has 3 saturated heterocycles. The van der Waals surface area contributed by atoms with E-state index in [0.29, 0.717) is 24.7 Å². The Morgan fingerprint density at radius 1 is 1.04 bits per heavy atom. The topological polar surface area (TPSA) is 66.8 Å². The van der Waals surface area contributed by atoms with Gasteiger partial charge < -0.3 is 19.5 Å². The standard InChI is InChI=1S/C21H32N4O3/c1-16-4-9-25(18-2-7-22-8-3-18)21(27)19(16)20(26)24-12-10-23(11-13-24)17-5-14-28-15-6-17/h4,9,17-18,22H,2-3,5-8,10-15H2,1H3. The third-order valence-electron chi connectivity index (χ3n) is 6.55. The Bertz CT molecular complexity index is 743. The smallest absolute Gasteiger partial charge is 0.263 e. The summed E-state index contributed by atoms with van der Waals surface area (Å²) < 4.78 is 7.25. The van der Waals surface area contributed by atoms with Crippen LogP contribution in [0.4, 0.5) is 0 Å². The number of carbonyl (C=O) groups is 1. The first-order valence-corrected chi connectivity index (χ1v) is 10.7. The third kappa shape index (κ3) is 4.02. The van der Waals surface area contributed by atoms with Crippen LogP contribution >= 0.6 is 0 Å². The average Bonchev–Trinajstić information content (AvgIpc) is 2.75. The quantitative estimate of drug-likeness (QED) is 0.837. The van der Waals surface area contributed by atoms with Crippen LogP contribution in [0.3, 0.4) is 0 Å². The number of pyridine rings is 1. The zero-order valence-electron chi connectivity index (χ0n) is 16.9. The van der Waals surface area contributed by atoms with Crippen LogP contribution in [0.25, 0.3) is 0 Å². The van der Waals surface area contributed by atoms with Gasteiger partial charge in [-0.05, 0) is 57.3 Å². The highest BCUT2D eigenvalue weighted by atomic mass is 16.5. The van der Waals surface area contributed by atoms with Crippen LogP contribution in [0.15, 0.2) is 17.1 Å². The second kappa shape index (κ2) is 8.76. The van der Waals surface area contributed by atoms with Gasteiger partial charge in [-0.15, -0.1) is 0 Å². The summed E-state index contributed by atoms with van der Waals surface area (Å²) in [7, 11) is 0. The van der Waals surface area contributed by atoms with E-state index in [1.807, 2.05) is 24.1 Å². The molecular formula is C21H32N4O3. The largest absolute Gasteiger partial charge is 0.381 e. The van der Waals surface area contributed by atoms with Gasteiger partial charge in [0.25, 0.3) is 11.5 Å². The number of nitrogens with zero attached hydrogens (tertiary/aromatic N) is 3. The van der Waals surface area contributed by atoms with Crippen LogP contribution in [-0.2, 0) is 4.74 Å². The molecule has 0 atom stereocenters. The minimum Gasteiger partial charge on any atom is -0.381 e. The number of aryl methyl sites for hydroxylation is 1. The normalized spacial score (nSPS) is 23.1. The molecule has 1 aromatic heterocycles. The second-order valence-corrected chi connectivity index (χ2v) is 8.24. The number of hydrogen-bond acceptors (Lipinski definition) is 5. The van der Waals surface area contributed by atoms with E-state index in [1.54, 1.807) is 4.57 Å². The third-order valence-corrected chi connectivity index (χ3v) is 6.55. The molecule has 7 nitrogen and oxygen atoms in total. The molecule has 3 fully saturated rings. The fourth-order valence-electron chi connectivity index (χ4n) is 4.77. The number of rotatable bonds is 3. The number of aromatic nitrogens is 1.